The molecule has 0 atom stereocenters. The predicted octanol–water partition coefficient (Wildman–Crippen LogP) is 1.88. The van der Waals surface area contributed by atoms with Crippen molar-refractivity contribution >= 4 is 29.1 Å². The lowest BCUT2D eigenvalue weighted by Crippen LogP contribution is -2.51. The average Bonchev–Trinajstić information content (AvgIpc) is 2.72. The molecule has 0 aromatic heterocycles. The van der Waals surface area contributed by atoms with E-state index in [1.54, 1.807) is 0 Å². The van der Waals surface area contributed by atoms with E-state index in [-0.39, 0.29) is 18.4 Å². The summed E-state index contributed by atoms with van der Waals surface area (Å²) in [5.74, 6) is 0.622. The number of benzene rings is 1. The highest BCUT2D eigenvalue weighted by Gasteiger charge is 2.22. The van der Waals surface area contributed by atoms with E-state index in [1.807, 2.05) is 29.2 Å². The van der Waals surface area contributed by atoms with Gasteiger partial charge in [0, 0.05) is 43.3 Å². The Kier molecular flexibility index (Phi) is 7.35. The smallest absolute Gasteiger partial charge is 0.242 e. The van der Waals surface area contributed by atoms with Crippen LogP contribution in [0.15, 0.2) is 24.3 Å². The van der Waals surface area contributed by atoms with Crippen LogP contribution < -0.4 is 15.5 Å². The van der Waals surface area contributed by atoms with Crippen LogP contribution >= 0.6 is 11.6 Å². The Morgan fingerprint density at radius 2 is 1.74 bits per heavy atom. The molecular formula is C20H29ClN4O2. The van der Waals surface area contributed by atoms with Crippen molar-refractivity contribution in [2.45, 2.75) is 25.7 Å². The summed E-state index contributed by atoms with van der Waals surface area (Å²) in [6.45, 7) is 5.12. The van der Waals surface area contributed by atoms with Gasteiger partial charge in [-0.05, 0) is 62.5 Å². The zero-order chi connectivity index (χ0) is 19.1. The lowest BCUT2D eigenvalue weighted by Gasteiger charge is -2.36. The molecule has 2 fully saturated rings. The van der Waals surface area contributed by atoms with E-state index in [0.29, 0.717) is 25.4 Å². The SMILES string of the molecule is O=C(CCC1CCNCC1)NCC(=O)N1CCN(c2ccc(Cl)cc2)CC1. The summed E-state index contributed by atoms with van der Waals surface area (Å²) in [6, 6.07) is 7.77. The number of hydrogen-bond acceptors (Lipinski definition) is 4. The molecule has 1 aromatic rings. The van der Waals surface area contributed by atoms with Gasteiger partial charge in [-0.1, -0.05) is 11.6 Å². The van der Waals surface area contributed by atoms with E-state index in [0.717, 1.165) is 56.2 Å². The second-order valence-electron chi connectivity index (χ2n) is 7.35. The molecule has 0 aliphatic carbocycles. The van der Waals surface area contributed by atoms with Gasteiger partial charge in [-0.15, -0.1) is 0 Å². The number of piperazine rings is 1. The number of rotatable bonds is 6. The topological polar surface area (TPSA) is 64.7 Å². The summed E-state index contributed by atoms with van der Waals surface area (Å²) in [7, 11) is 0. The molecule has 2 heterocycles. The monoisotopic (exact) mass is 392 g/mol. The van der Waals surface area contributed by atoms with Crippen LogP contribution in [0, 0.1) is 5.92 Å². The third-order valence-corrected chi connectivity index (χ3v) is 5.75. The summed E-state index contributed by atoms with van der Waals surface area (Å²) < 4.78 is 0. The minimum absolute atomic E-state index is 0.000900. The van der Waals surface area contributed by atoms with E-state index in [1.165, 1.54) is 0 Å². The first kappa shape index (κ1) is 20.0. The molecule has 3 rings (SSSR count). The third kappa shape index (κ3) is 6.11. The number of anilines is 1. The summed E-state index contributed by atoms with van der Waals surface area (Å²) in [4.78, 5) is 28.5. The van der Waals surface area contributed by atoms with Gasteiger partial charge < -0.3 is 20.4 Å². The molecule has 2 saturated heterocycles. The highest BCUT2D eigenvalue weighted by molar-refractivity contribution is 6.30. The van der Waals surface area contributed by atoms with Gasteiger partial charge >= 0.3 is 0 Å². The van der Waals surface area contributed by atoms with E-state index in [4.69, 9.17) is 11.6 Å². The van der Waals surface area contributed by atoms with Crippen molar-refractivity contribution in [3.05, 3.63) is 29.3 Å². The van der Waals surface area contributed by atoms with Crippen LogP contribution in [0.25, 0.3) is 0 Å². The van der Waals surface area contributed by atoms with Gasteiger partial charge in [-0.3, -0.25) is 9.59 Å². The number of amides is 2. The van der Waals surface area contributed by atoms with Crippen LogP contribution in [-0.4, -0.2) is 62.5 Å². The number of nitrogens with zero attached hydrogens (tertiary/aromatic N) is 2. The van der Waals surface area contributed by atoms with Gasteiger partial charge in [0.2, 0.25) is 11.8 Å². The zero-order valence-electron chi connectivity index (χ0n) is 15.8. The fourth-order valence-corrected chi connectivity index (χ4v) is 3.87. The third-order valence-electron chi connectivity index (χ3n) is 5.50. The van der Waals surface area contributed by atoms with Crippen LogP contribution in [0.1, 0.15) is 25.7 Å². The number of halogens is 1. The quantitative estimate of drug-likeness (QED) is 0.775. The molecule has 2 aliphatic heterocycles. The number of carbonyl (C=O) groups excluding carboxylic acids is 2. The molecule has 2 amide bonds. The molecule has 2 N–H and O–H groups in total. The standard InChI is InChI=1S/C20H29ClN4O2/c21-17-2-4-18(5-3-17)24-11-13-25(14-12-24)20(27)15-23-19(26)6-1-16-7-9-22-10-8-16/h2-5,16,22H,1,6-15H2,(H,23,26). The molecule has 6 nitrogen and oxygen atoms in total. The van der Waals surface area contributed by atoms with Crippen molar-refractivity contribution in [3.8, 4) is 0 Å². The van der Waals surface area contributed by atoms with Gasteiger partial charge in [0.1, 0.15) is 0 Å². The molecule has 0 radical (unpaired) electrons. The van der Waals surface area contributed by atoms with E-state index in [2.05, 4.69) is 15.5 Å². The van der Waals surface area contributed by atoms with E-state index >= 15 is 0 Å². The van der Waals surface area contributed by atoms with E-state index in [9.17, 15) is 9.59 Å². The first-order chi connectivity index (χ1) is 13.1. The number of hydrogen-bond donors (Lipinski definition) is 2. The second-order valence-corrected chi connectivity index (χ2v) is 7.79. The Hall–Kier alpha value is -1.79. The second kappa shape index (κ2) is 9.95. The number of carbonyl (C=O) groups is 2. The highest BCUT2D eigenvalue weighted by Crippen LogP contribution is 2.19. The van der Waals surface area contributed by atoms with Gasteiger partial charge in [0.15, 0.2) is 0 Å². The van der Waals surface area contributed by atoms with Crippen molar-refractivity contribution in [1.82, 2.24) is 15.5 Å². The van der Waals surface area contributed by atoms with Gasteiger partial charge in [-0.2, -0.15) is 0 Å². The van der Waals surface area contributed by atoms with Crippen LogP contribution in [0.2, 0.25) is 5.02 Å². The largest absolute Gasteiger partial charge is 0.368 e. The van der Waals surface area contributed by atoms with Crippen molar-refractivity contribution in [2.24, 2.45) is 5.92 Å². The molecule has 27 heavy (non-hydrogen) atoms. The van der Waals surface area contributed by atoms with Crippen molar-refractivity contribution in [2.75, 3.05) is 50.7 Å². The Morgan fingerprint density at radius 1 is 1.07 bits per heavy atom. The normalized spacial score (nSPS) is 18.4. The van der Waals surface area contributed by atoms with Crippen LogP contribution in [-0.2, 0) is 9.59 Å². The molecule has 7 heteroatoms. The summed E-state index contributed by atoms with van der Waals surface area (Å²) in [6.07, 6.45) is 3.72. The van der Waals surface area contributed by atoms with Gasteiger partial charge in [0.05, 0.1) is 6.54 Å². The van der Waals surface area contributed by atoms with Crippen LogP contribution in [0.4, 0.5) is 5.69 Å². The molecule has 0 saturated carbocycles. The van der Waals surface area contributed by atoms with E-state index < -0.39 is 0 Å². The lowest BCUT2D eigenvalue weighted by molar-refractivity contribution is -0.133. The first-order valence-corrected chi connectivity index (χ1v) is 10.3. The van der Waals surface area contributed by atoms with Crippen molar-refractivity contribution < 1.29 is 9.59 Å². The molecule has 0 spiro atoms. The number of nitrogens with one attached hydrogen (secondary N) is 2. The Balaban J connectivity index is 1.34. The molecule has 1 aromatic carbocycles. The summed E-state index contributed by atoms with van der Waals surface area (Å²) >= 11 is 5.93. The van der Waals surface area contributed by atoms with Gasteiger partial charge in [0.25, 0.3) is 0 Å². The molecule has 2 aliphatic rings. The van der Waals surface area contributed by atoms with Crippen LogP contribution in [0.5, 0.6) is 0 Å². The molecule has 0 bridgehead atoms. The summed E-state index contributed by atoms with van der Waals surface area (Å²) in [5.41, 5.74) is 1.12. The van der Waals surface area contributed by atoms with Crippen molar-refractivity contribution in [1.29, 1.82) is 0 Å². The maximum atomic E-state index is 12.4. The van der Waals surface area contributed by atoms with Crippen molar-refractivity contribution in [3.63, 3.8) is 0 Å². The van der Waals surface area contributed by atoms with Crippen LogP contribution in [0.3, 0.4) is 0 Å². The molecule has 0 unspecified atom stereocenters. The first-order valence-electron chi connectivity index (χ1n) is 9.87. The predicted molar refractivity (Wildman–Crippen MR) is 108 cm³/mol. The minimum atomic E-state index is -0.0123. The summed E-state index contributed by atoms with van der Waals surface area (Å²) in [5, 5.41) is 6.85. The molecule has 148 valence electrons. The Bertz CT molecular complexity index is 623. The average molecular weight is 393 g/mol. The maximum absolute atomic E-state index is 12.4. The molecular weight excluding hydrogens is 364 g/mol. The minimum Gasteiger partial charge on any atom is -0.368 e. The fourth-order valence-electron chi connectivity index (χ4n) is 3.75. The lowest BCUT2D eigenvalue weighted by atomic mass is 9.93. The Morgan fingerprint density at radius 3 is 2.41 bits per heavy atom. The fraction of sp³-hybridized carbons (Fsp3) is 0.600. The Labute approximate surface area is 166 Å². The number of piperidine rings is 1. The zero-order valence-corrected chi connectivity index (χ0v) is 16.5. The maximum Gasteiger partial charge on any atom is 0.242 e. The highest BCUT2D eigenvalue weighted by atomic mass is 35.5. The van der Waals surface area contributed by atoms with Gasteiger partial charge in [-0.25, -0.2) is 0 Å².